The molecule has 0 aromatic heterocycles. The minimum Gasteiger partial charge on any atom is -0.345 e. The number of rotatable bonds is 5. The van der Waals surface area contributed by atoms with E-state index in [-0.39, 0.29) is 17.6 Å². The van der Waals surface area contributed by atoms with E-state index in [0.29, 0.717) is 11.1 Å². The lowest BCUT2D eigenvalue weighted by molar-refractivity contribution is -0.384. The fourth-order valence-corrected chi connectivity index (χ4v) is 3.93. The average Bonchev–Trinajstić information content (AvgIpc) is 2.78. The smallest absolute Gasteiger partial charge is 0.270 e. The van der Waals surface area contributed by atoms with Gasteiger partial charge in [-0.25, -0.2) is 0 Å². The number of fused-ring (bicyclic) bond motifs is 1. The van der Waals surface area contributed by atoms with Gasteiger partial charge >= 0.3 is 0 Å². The highest BCUT2D eigenvalue weighted by molar-refractivity contribution is 6.24. The summed E-state index contributed by atoms with van der Waals surface area (Å²) in [7, 11) is 0. The molecular formula is C25H22N2O3. The summed E-state index contributed by atoms with van der Waals surface area (Å²) in [5.41, 5.74) is 4.31. The van der Waals surface area contributed by atoms with Crippen molar-refractivity contribution in [2.75, 3.05) is 0 Å². The van der Waals surface area contributed by atoms with Crippen LogP contribution in [0.1, 0.15) is 41.1 Å². The molecule has 5 heteroatoms. The third-order valence-electron chi connectivity index (χ3n) is 5.40. The Hall–Kier alpha value is -3.73. The number of aryl methyl sites for hydroxylation is 1. The van der Waals surface area contributed by atoms with E-state index in [2.05, 4.69) is 17.4 Å². The number of nitro groups is 1. The van der Waals surface area contributed by atoms with Gasteiger partial charge in [-0.3, -0.25) is 14.9 Å². The Balaban J connectivity index is 1.68. The zero-order valence-corrected chi connectivity index (χ0v) is 16.5. The number of hydrogen-bond acceptors (Lipinski definition) is 3. The third kappa shape index (κ3) is 4.30. The van der Waals surface area contributed by atoms with E-state index >= 15 is 0 Å². The number of benzene rings is 3. The lowest BCUT2D eigenvalue weighted by atomic mass is 9.87. The van der Waals surface area contributed by atoms with Gasteiger partial charge in [0.1, 0.15) is 0 Å². The van der Waals surface area contributed by atoms with Crippen molar-refractivity contribution in [3.05, 3.63) is 111 Å². The maximum atomic E-state index is 13.3. The molecule has 0 aliphatic heterocycles. The Kier molecular flexibility index (Phi) is 5.70. The second kappa shape index (κ2) is 8.74. The van der Waals surface area contributed by atoms with Crippen molar-refractivity contribution in [1.82, 2.24) is 5.32 Å². The van der Waals surface area contributed by atoms with Crippen LogP contribution in [0, 0.1) is 10.1 Å². The molecular weight excluding hydrogens is 376 g/mol. The zero-order valence-electron chi connectivity index (χ0n) is 16.5. The zero-order chi connectivity index (χ0) is 20.9. The van der Waals surface area contributed by atoms with E-state index in [1.54, 1.807) is 18.2 Å². The summed E-state index contributed by atoms with van der Waals surface area (Å²) in [6, 6.07) is 23.9. The lowest BCUT2D eigenvalue weighted by Crippen LogP contribution is -2.31. The minimum absolute atomic E-state index is 0.00206. The monoisotopic (exact) mass is 398 g/mol. The number of nitro benzene ring substituents is 1. The number of nitrogens with zero attached hydrogens (tertiary/aromatic N) is 1. The van der Waals surface area contributed by atoms with Gasteiger partial charge in [0.15, 0.2) is 0 Å². The maximum absolute atomic E-state index is 13.3. The molecule has 0 spiro atoms. The first-order valence-electron chi connectivity index (χ1n) is 10.0. The molecule has 4 rings (SSSR count). The van der Waals surface area contributed by atoms with Crippen LogP contribution in [-0.4, -0.2) is 10.8 Å². The summed E-state index contributed by atoms with van der Waals surface area (Å²) >= 11 is 0. The molecule has 1 amide bonds. The Morgan fingerprint density at radius 2 is 1.77 bits per heavy atom. The van der Waals surface area contributed by atoms with Crippen molar-refractivity contribution in [3.8, 4) is 0 Å². The summed E-state index contributed by atoms with van der Waals surface area (Å²) in [6.07, 6.45) is 4.66. The molecule has 0 unspecified atom stereocenters. The Labute approximate surface area is 175 Å². The summed E-state index contributed by atoms with van der Waals surface area (Å²) in [5.74, 6) is -0.186. The molecule has 3 aromatic carbocycles. The van der Waals surface area contributed by atoms with Crippen LogP contribution < -0.4 is 5.32 Å². The first-order valence-corrected chi connectivity index (χ1v) is 10.0. The van der Waals surface area contributed by atoms with Crippen molar-refractivity contribution in [1.29, 1.82) is 0 Å². The van der Waals surface area contributed by atoms with Gasteiger partial charge < -0.3 is 5.32 Å². The summed E-state index contributed by atoms with van der Waals surface area (Å²) in [5, 5.41) is 14.3. The van der Waals surface area contributed by atoms with E-state index in [1.165, 1.54) is 23.3 Å². The van der Waals surface area contributed by atoms with Gasteiger partial charge in [0.2, 0.25) is 0 Å². The van der Waals surface area contributed by atoms with Crippen molar-refractivity contribution in [2.24, 2.45) is 0 Å². The third-order valence-corrected chi connectivity index (χ3v) is 5.40. The molecule has 5 nitrogen and oxygen atoms in total. The van der Waals surface area contributed by atoms with Crippen LogP contribution in [0.25, 0.3) is 11.6 Å². The van der Waals surface area contributed by atoms with Crippen molar-refractivity contribution in [3.63, 3.8) is 0 Å². The SMILES string of the molecule is O=C(N[C@H]1CCCc2ccccc21)/C(=C/c1cccc([N+](=O)[O-])c1)c1ccccc1. The molecule has 30 heavy (non-hydrogen) atoms. The van der Waals surface area contributed by atoms with Crippen LogP contribution in [0.5, 0.6) is 0 Å². The number of carbonyl (C=O) groups is 1. The molecule has 1 N–H and O–H groups in total. The predicted octanol–water partition coefficient (Wildman–Crippen LogP) is 5.33. The van der Waals surface area contributed by atoms with Crippen molar-refractivity contribution < 1.29 is 9.72 Å². The molecule has 1 aliphatic rings. The molecule has 0 saturated carbocycles. The number of nitrogens with one attached hydrogen (secondary N) is 1. The molecule has 150 valence electrons. The number of non-ortho nitro benzene ring substituents is 1. The molecule has 1 atom stereocenters. The number of amides is 1. The Morgan fingerprint density at radius 1 is 1.00 bits per heavy atom. The van der Waals surface area contributed by atoms with E-state index < -0.39 is 4.92 Å². The van der Waals surface area contributed by atoms with Crippen LogP contribution in [0.2, 0.25) is 0 Å². The lowest BCUT2D eigenvalue weighted by Gasteiger charge is -2.27. The summed E-state index contributed by atoms with van der Waals surface area (Å²) in [4.78, 5) is 24.0. The highest BCUT2D eigenvalue weighted by atomic mass is 16.6. The van der Waals surface area contributed by atoms with E-state index in [1.807, 2.05) is 42.5 Å². The van der Waals surface area contributed by atoms with Gasteiger partial charge in [-0.15, -0.1) is 0 Å². The molecule has 0 bridgehead atoms. The highest BCUT2D eigenvalue weighted by Gasteiger charge is 2.23. The van der Waals surface area contributed by atoms with Gasteiger partial charge in [-0.05, 0) is 47.6 Å². The quantitative estimate of drug-likeness (QED) is 0.273. The van der Waals surface area contributed by atoms with Crippen LogP contribution in [0.15, 0.2) is 78.9 Å². The van der Waals surface area contributed by atoms with Gasteiger partial charge in [-0.1, -0.05) is 66.7 Å². The Morgan fingerprint density at radius 3 is 2.57 bits per heavy atom. The van der Waals surface area contributed by atoms with E-state index in [4.69, 9.17) is 0 Å². The number of carbonyl (C=O) groups excluding carboxylic acids is 1. The van der Waals surface area contributed by atoms with Gasteiger partial charge in [-0.2, -0.15) is 0 Å². The fraction of sp³-hybridized carbons (Fsp3) is 0.160. The minimum atomic E-state index is -0.432. The van der Waals surface area contributed by atoms with E-state index in [9.17, 15) is 14.9 Å². The topological polar surface area (TPSA) is 72.2 Å². The normalized spacial score (nSPS) is 15.9. The maximum Gasteiger partial charge on any atom is 0.270 e. The first-order chi connectivity index (χ1) is 14.6. The van der Waals surface area contributed by atoms with Gasteiger partial charge in [0.05, 0.1) is 11.0 Å². The standard InChI is InChI=1S/C25H22N2O3/c28-25(26-24-15-7-12-19-11-4-5-14-22(19)24)23(20-9-2-1-3-10-20)17-18-8-6-13-21(16-18)27(29)30/h1-6,8-11,13-14,16-17,24H,7,12,15H2,(H,26,28)/b23-17+/t24-/m0/s1. The van der Waals surface area contributed by atoms with Crippen LogP contribution >= 0.6 is 0 Å². The molecule has 0 saturated heterocycles. The molecule has 0 heterocycles. The highest BCUT2D eigenvalue weighted by Crippen LogP contribution is 2.30. The molecule has 1 aliphatic carbocycles. The van der Waals surface area contributed by atoms with Gasteiger partial charge in [0, 0.05) is 17.7 Å². The van der Waals surface area contributed by atoms with Crippen LogP contribution in [0.4, 0.5) is 5.69 Å². The Bertz CT molecular complexity index is 1110. The molecule has 0 radical (unpaired) electrons. The van der Waals surface area contributed by atoms with Crippen molar-refractivity contribution in [2.45, 2.75) is 25.3 Å². The molecule has 3 aromatic rings. The van der Waals surface area contributed by atoms with E-state index in [0.717, 1.165) is 24.8 Å². The summed E-state index contributed by atoms with van der Waals surface area (Å²) < 4.78 is 0. The predicted molar refractivity (Wildman–Crippen MR) is 118 cm³/mol. The van der Waals surface area contributed by atoms with Crippen LogP contribution in [0.3, 0.4) is 0 Å². The fourth-order valence-electron chi connectivity index (χ4n) is 3.93. The average molecular weight is 398 g/mol. The largest absolute Gasteiger partial charge is 0.345 e. The number of hydrogen-bond donors (Lipinski definition) is 1. The second-order valence-electron chi connectivity index (χ2n) is 7.39. The summed E-state index contributed by atoms with van der Waals surface area (Å²) in [6.45, 7) is 0. The molecule has 0 fully saturated rings. The first kappa shape index (κ1) is 19.6. The second-order valence-corrected chi connectivity index (χ2v) is 7.39. The van der Waals surface area contributed by atoms with Crippen molar-refractivity contribution >= 4 is 23.2 Å². The van der Waals surface area contributed by atoms with Crippen LogP contribution in [-0.2, 0) is 11.2 Å². The van der Waals surface area contributed by atoms with Gasteiger partial charge in [0.25, 0.3) is 11.6 Å².